The zero-order valence-electron chi connectivity index (χ0n) is 25.4. The predicted molar refractivity (Wildman–Crippen MR) is 166 cm³/mol. The summed E-state index contributed by atoms with van der Waals surface area (Å²) in [7, 11) is 2.00. The van der Waals surface area contributed by atoms with Gasteiger partial charge in [-0.25, -0.2) is 9.97 Å². The Morgan fingerprint density at radius 3 is 2.58 bits per heavy atom. The number of benzene rings is 1. The number of amides is 2. The van der Waals surface area contributed by atoms with E-state index < -0.39 is 23.2 Å². The number of hydrogen-bond acceptors (Lipinski definition) is 7. The molecular formula is C32H36ClF3N6O3. The number of halogens is 4. The van der Waals surface area contributed by atoms with E-state index in [1.54, 1.807) is 12.3 Å². The van der Waals surface area contributed by atoms with E-state index in [0.717, 1.165) is 31.6 Å². The van der Waals surface area contributed by atoms with Crippen molar-refractivity contribution < 1.29 is 27.5 Å². The van der Waals surface area contributed by atoms with E-state index in [-0.39, 0.29) is 41.8 Å². The number of carbonyl (C=O) groups excluding carboxylic acids is 2. The number of hydrogen-bond donors (Lipinski definition) is 1. The predicted octanol–water partition coefficient (Wildman–Crippen LogP) is 5.39. The zero-order chi connectivity index (χ0) is 32.3. The Bertz CT molecular complexity index is 1550. The lowest BCUT2D eigenvalue weighted by Gasteiger charge is -2.43. The first-order valence-electron chi connectivity index (χ1n) is 15.0. The maximum Gasteiger partial charge on any atom is 0.417 e. The molecule has 9 nitrogen and oxygen atoms in total. The van der Waals surface area contributed by atoms with Gasteiger partial charge >= 0.3 is 6.18 Å². The molecule has 2 aliphatic heterocycles. The topological polar surface area (TPSA) is 90.9 Å². The maximum atomic E-state index is 13.8. The van der Waals surface area contributed by atoms with Crippen LogP contribution in [0.4, 0.5) is 18.9 Å². The summed E-state index contributed by atoms with van der Waals surface area (Å²) in [5.74, 6) is -0.629. The summed E-state index contributed by atoms with van der Waals surface area (Å²) in [6.45, 7) is 6.42. The Morgan fingerprint density at radius 1 is 1.09 bits per heavy atom. The third-order valence-corrected chi connectivity index (χ3v) is 8.45. The summed E-state index contributed by atoms with van der Waals surface area (Å²) in [4.78, 5) is 42.0. The molecule has 2 aromatic heterocycles. The van der Waals surface area contributed by atoms with Gasteiger partial charge in [-0.1, -0.05) is 18.5 Å². The van der Waals surface area contributed by atoms with Gasteiger partial charge in [0.1, 0.15) is 0 Å². The molecule has 240 valence electrons. The number of likely N-dealkylation sites (tertiary alicyclic amines) is 1. The van der Waals surface area contributed by atoms with E-state index in [1.165, 1.54) is 11.0 Å². The number of anilines is 1. The first-order valence-corrected chi connectivity index (χ1v) is 15.4. The van der Waals surface area contributed by atoms with E-state index >= 15 is 0 Å². The van der Waals surface area contributed by atoms with Crippen molar-refractivity contribution in [2.24, 2.45) is 0 Å². The number of alkyl halides is 3. The molecule has 5 rings (SSSR count). The Labute approximate surface area is 265 Å². The largest absolute Gasteiger partial charge is 0.477 e. The summed E-state index contributed by atoms with van der Waals surface area (Å²) < 4.78 is 47.1. The molecule has 2 amide bonds. The molecule has 0 unspecified atom stereocenters. The quantitative estimate of drug-likeness (QED) is 0.352. The average Bonchev–Trinajstić information content (AvgIpc) is 3.44. The minimum absolute atomic E-state index is 0.0307. The van der Waals surface area contributed by atoms with E-state index in [2.05, 4.69) is 15.2 Å². The van der Waals surface area contributed by atoms with Gasteiger partial charge in [-0.05, 0) is 75.8 Å². The molecule has 2 saturated heterocycles. The lowest BCUT2D eigenvalue weighted by molar-refractivity contribution is -0.138. The lowest BCUT2D eigenvalue weighted by Crippen LogP contribution is -2.55. The van der Waals surface area contributed by atoms with Crippen molar-refractivity contribution in [3.63, 3.8) is 0 Å². The summed E-state index contributed by atoms with van der Waals surface area (Å²) in [6, 6.07) is 10.1. The molecule has 0 spiro atoms. The average molecular weight is 645 g/mol. The normalized spacial score (nSPS) is 19.1. The third kappa shape index (κ3) is 7.17. The maximum absolute atomic E-state index is 13.8. The Balaban J connectivity index is 1.47. The van der Waals surface area contributed by atoms with E-state index in [0.29, 0.717) is 42.4 Å². The van der Waals surface area contributed by atoms with Crippen LogP contribution in [-0.2, 0) is 6.18 Å². The van der Waals surface area contributed by atoms with Crippen LogP contribution in [0.1, 0.15) is 53.1 Å². The molecule has 0 aliphatic carbocycles. The number of nitrogens with one attached hydrogen (secondary N) is 1. The van der Waals surface area contributed by atoms with Gasteiger partial charge in [0.15, 0.2) is 5.69 Å². The van der Waals surface area contributed by atoms with Crippen molar-refractivity contribution in [1.82, 2.24) is 25.1 Å². The second-order valence-electron chi connectivity index (χ2n) is 11.3. The summed E-state index contributed by atoms with van der Waals surface area (Å²) in [6.07, 6.45) is -1.72. The number of aromatic nitrogens is 2. The van der Waals surface area contributed by atoms with Gasteiger partial charge in [-0.2, -0.15) is 13.2 Å². The molecule has 1 aromatic carbocycles. The van der Waals surface area contributed by atoms with Gasteiger partial charge < -0.3 is 24.8 Å². The number of nitrogens with zero attached hydrogens (tertiary/aromatic N) is 5. The number of piperazine rings is 1. The van der Waals surface area contributed by atoms with Crippen molar-refractivity contribution in [2.45, 2.75) is 44.9 Å². The van der Waals surface area contributed by atoms with Gasteiger partial charge in [-0.15, -0.1) is 0 Å². The van der Waals surface area contributed by atoms with Crippen LogP contribution in [0.2, 0.25) is 5.02 Å². The smallest absolute Gasteiger partial charge is 0.417 e. The number of carbonyl (C=O) groups is 2. The van der Waals surface area contributed by atoms with E-state index in [9.17, 15) is 22.8 Å². The minimum Gasteiger partial charge on any atom is -0.477 e. The van der Waals surface area contributed by atoms with Crippen LogP contribution in [-0.4, -0.2) is 90.0 Å². The van der Waals surface area contributed by atoms with Crippen LogP contribution in [0.15, 0.2) is 48.7 Å². The molecule has 45 heavy (non-hydrogen) atoms. The molecule has 1 N–H and O–H groups in total. The van der Waals surface area contributed by atoms with Crippen LogP contribution < -0.4 is 15.0 Å². The molecule has 2 atom stereocenters. The molecule has 4 heterocycles. The Morgan fingerprint density at radius 2 is 1.89 bits per heavy atom. The summed E-state index contributed by atoms with van der Waals surface area (Å²) in [5.41, 5.74) is 0.479. The van der Waals surface area contributed by atoms with Crippen molar-refractivity contribution >= 4 is 29.1 Å². The number of rotatable bonds is 8. The minimum atomic E-state index is -4.73. The van der Waals surface area contributed by atoms with Crippen molar-refractivity contribution in [2.75, 3.05) is 51.3 Å². The first-order chi connectivity index (χ1) is 21.5. The molecule has 13 heteroatoms. The second kappa shape index (κ2) is 13.6. The Hall–Kier alpha value is -3.90. The van der Waals surface area contributed by atoms with Crippen LogP contribution in [0.5, 0.6) is 5.88 Å². The number of ether oxygens (including phenoxy) is 1. The molecule has 2 fully saturated rings. The second-order valence-corrected chi connectivity index (χ2v) is 11.7. The SMILES string of the molecule is CCOc1ncccc1-c1ccc(N2CCN(C(=O)c3ccc(Cl)cc3C(F)(F)F)C[C@H]2CC)c(C(=O)N[C@H]2CCN(C)C2)n1. The molecule has 3 aromatic rings. The number of pyridine rings is 2. The van der Waals surface area contributed by atoms with Crippen molar-refractivity contribution in [1.29, 1.82) is 0 Å². The lowest BCUT2D eigenvalue weighted by atomic mass is 10.0. The third-order valence-electron chi connectivity index (χ3n) is 8.21. The van der Waals surface area contributed by atoms with Crippen LogP contribution in [0.25, 0.3) is 11.3 Å². The van der Waals surface area contributed by atoms with Gasteiger partial charge in [0.05, 0.1) is 34.7 Å². The fourth-order valence-corrected chi connectivity index (χ4v) is 6.13. The fourth-order valence-electron chi connectivity index (χ4n) is 5.96. The van der Waals surface area contributed by atoms with Gasteiger partial charge in [-0.3, -0.25) is 9.59 Å². The molecule has 2 aliphatic rings. The molecule has 0 saturated carbocycles. The molecular weight excluding hydrogens is 609 g/mol. The van der Waals surface area contributed by atoms with Gasteiger partial charge in [0, 0.05) is 49.5 Å². The van der Waals surface area contributed by atoms with Gasteiger partial charge in [0.2, 0.25) is 5.88 Å². The zero-order valence-corrected chi connectivity index (χ0v) is 26.2. The fraction of sp³-hybridized carbons (Fsp3) is 0.438. The van der Waals surface area contributed by atoms with E-state index in [1.807, 2.05) is 44.0 Å². The summed E-state index contributed by atoms with van der Waals surface area (Å²) in [5, 5.41) is 3.03. The monoisotopic (exact) mass is 644 g/mol. The highest BCUT2D eigenvalue weighted by Gasteiger charge is 2.38. The number of likely N-dealkylation sites (N-methyl/N-ethyl adjacent to an activating group) is 1. The molecule has 0 radical (unpaired) electrons. The van der Waals surface area contributed by atoms with Crippen LogP contribution >= 0.6 is 11.6 Å². The van der Waals surface area contributed by atoms with Crippen LogP contribution in [0, 0.1) is 0 Å². The van der Waals surface area contributed by atoms with Gasteiger partial charge in [0.25, 0.3) is 11.8 Å². The van der Waals surface area contributed by atoms with Crippen molar-refractivity contribution in [3.8, 4) is 17.1 Å². The Kier molecular flexibility index (Phi) is 9.83. The van der Waals surface area contributed by atoms with E-state index in [4.69, 9.17) is 21.3 Å². The first kappa shape index (κ1) is 32.5. The summed E-state index contributed by atoms with van der Waals surface area (Å²) >= 11 is 5.84. The highest BCUT2D eigenvalue weighted by atomic mass is 35.5. The molecule has 0 bridgehead atoms. The van der Waals surface area contributed by atoms with Crippen molar-refractivity contribution in [3.05, 3.63) is 70.5 Å². The highest BCUT2D eigenvalue weighted by molar-refractivity contribution is 6.30. The van der Waals surface area contributed by atoms with Crippen LogP contribution in [0.3, 0.4) is 0 Å². The highest BCUT2D eigenvalue weighted by Crippen LogP contribution is 2.36. The standard InChI is InChI=1S/C32H36ClF3N6O3/c1-4-22-19-41(31(44)23-9-8-20(33)17-25(23)32(34,35)36)15-16-42(22)27-11-10-26(24-7-6-13-37-30(24)45-5-2)39-28(27)29(43)38-21-12-14-40(3)18-21/h6-11,13,17,21-22H,4-5,12,14-16,18-19H2,1-3H3,(H,38,43)/t21-,22+/m0/s1.